The smallest absolute Gasteiger partial charge is 0.297 e. The molecular formula is C12H29FNO5S+. The molecule has 0 atom stereocenters. The molecule has 6 nitrogen and oxygen atoms in total. The molecule has 124 valence electrons. The Bertz CT molecular complexity index is 271. The molecule has 0 radical (unpaired) electrons. The van der Waals surface area contributed by atoms with Crippen molar-refractivity contribution in [1.82, 2.24) is 0 Å². The van der Waals surface area contributed by atoms with Crippen molar-refractivity contribution in [3.63, 3.8) is 0 Å². The second-order valence-corrected chi connectivity index (χ2v) is 6.06. The molecule has 0 aromatic carbocycles. The van der Waals surface area contributed by atoms with Gasteiger partial charge in [-0.05, 0) is 10.9 Å². The molecular weight excluding hydrogens is 289 g/mol. The number of aliphatic hydroxyl groups is 2. The summed E-state index contributed by atoms with van der Waals surface area (Å²) in [6, 6.07) is 0. The van der Waals surface area contributed by atoms with Gasteiger partial charge in [0.1, 0.15) is 0 Å². The van der Waals surface area contributed by atoms with Gasteiger partial charge < -0.3 is 15.5 Å². The van der Waals surface area contributed by atoms with Gasteiger partial charge in [-0.1, -0.05) is 43.4 Å². The van der Waals surface area contributed by atoms with E-state index in [9.17, 15) is 12.9 Å². The van der Waals surface area contributed by atoms with Crippen LogP contribution in [0.25, 0.3) is 0 Å². The van der Waals surface area contributed by atoms with Gasteiger partial charge in [0.05, 0.1) is 32.1 Å². The molecule has 20 heavy (non-hydrogen) atoms. The summed E-state index contributed by atoms with van der Waals surface area (Å²) < 4.78 is 35.1. The monoisotopic (exact) mass is 318 g/mol. The molecule has 0 aliphatic heterocycles. The fourth-order valence-electron chi connectivity index (χ4n) is 1.42. The number of nitrogens with two attached hydrogens (primary N) is 1. The topological polar surface area (TPSA) is 100 Å². The van der Waals surface area contributed by atoms with E-state index in [0.29, 0.717) is 19.5 Å². The van der Waals surface area contributed by atoms with Crippen LogP contribution in [0.15, 0.2) is 0 Å². The summed E-state index contributed by atoms with van der Waals surface area (Å²) in [6.45, 7) is 3.89. The van der Waals surface area contributed by atoms with Gasteiger partial charge >= 0.3 is 0 Å². The molecule has 0 saturated heterocycles. The van der Waals surface area contributed by atoms with Crippen LogP contribution in [0.4, 0.5) is 4.53 Å². The van der Waals surface area contributed by atoms with Crippen LogP contribution in [0.1, 0.15) is 45.4 Å². The molecule has 8 heteroatoms. The Hall–Kier alpha value is -0.280. The minimum absolute atomic E-state index is 0.194. The number of aliphatic hydroxyl groups excluding tert-OH is 2. The van der Waals surface area contributed by atoms with Crippen LogP contribution >= 0.6 is 0 Å². The van der Waals surface area contributed by atoms with Gasteiger partial charge in [-0.3, -0.25) is 0 Å². The van der Waals surface area contributed by atoms with Crippen molar-refractivity contribution in [3.8, 4) is 0 Å². The summed E-state index contributed by atoms with van der Waals surface area (Å²) in [5.74, 6) is -0.213. The summed E-state index contributed by atoms with van der Waals surface area (Å²) in [5, 5.41) is 18.2. The second kappa shape index (κ2) is 16.8. The molecule has 0 spiro atoms. The Morgan fingerprint density at radius 1 is 1.00 bits per heavy atom. The van der Waals surface area contributed by atoms with Gasteiger partial charge in [-0.25, -0.2) is 0 Å². The molecule has 0 aliphatic carbocycles. The number of halogens is 1. The van der Waals surface area contributed by atoms with Crippen molar-refractivity contribution in [1.29, 1.82) is 0 Å². The number of hydrogen-bond donors (Lipinski definition) is 3. The number of hydrogen-bond acceptors (Lipinski definition) is 5. The van der Waals surface area contributed by atoms with E-state index in [-0.39, 0.29) is 19.0 Å². The molecule has 0 bridgehead atoms. The zero-order chi connectivity index (χ0) is 15.7. The highest BCUT2D eigenvalue weighted by atomic mass is 32.2. The standard InChI is InChI=1S/C8H17FO3S.C4H11NO2/c1-2-3-4-5-6-7-8-13(10,11)12-9;6-3-1-5-2-4-7/h2-8H2,1H3;5-7H,1-4H2/p+1. The first-order valence-corrected chi connectivity index (χ1v) is 8.68. The van der Waals surface area contributed by atoms with E-state index in [4.69, 9.17) is 10.2 Å². The summed E-state index contributed by atoms with van der Waals surface area (Å²) in [7, 11) is -3.88. The molecule has 0 amide bonds. The zero-order valence-electron chi connectivity index (χ0n) is 12.3. The number of quaternary nitrogens is 1. The van der Waals surface area contributed by atoms with Crippen molar-refractivity contribution in [2.75, 3.05) is 32.1 Å². The molecule has 0 aromatic heterocycles. The van der Waals surface area contributed by atoms with Gasteiger partial charge in [0.25, 0.3) is 10.1 Å². The largest absolute Gasteiger partial charge is 0.391 e. The molecule has 0 rings (SSSR count). The Balaban J connectivity index is 0. The average molecular weight is 318 g/mol. The fourth-order valence-corrected chi connectivity index (χ4v) is 2.04. The number of rotatable bonds is 12. The summed E-state index contributed by atoms with van der Waals surface area (Å²) in [4.78, 5) is 0. The van der Waals surface area contributed by atoms with Crippen LogP contribution in [0, 0.1) is 0 Å². The Morgan fingerprint density at radius 3 is 1.95 bits per heavy atom. The first kappa shape index (κ1) is 22.0. The van der Waals surface area contributed by atoms with Crippen LogP contribution in [-0.4, -0.2) is 50.7 Å². The van der Waals surface area contributed by atoms with E-state index in [2.05, 4.69) is 11.3 Å². The lowest BCUT2D eigenvalue weighted by Gasteiger charge is -1.99. The molecule has 0 fully saturated rings. The third-order valence-corrected chi connectivity index (χ3v) is 3.49. The maximum absolute atomic E-state index is 11.3. The van der Waals surface area contributed by atoms with Crippen molar-refractivity contribution >= 4 is 10.1 Å². The highest BCUT2D eigenvalue weighted by Crippen LogP contribution is 2.07. The SMILES string of the molecule is CCCCCCCCS(=O)(=O)OF.OCC[NH2+]CCO. The lowest BCUT2D eigenvalue weighted by Crippen LogP contribution is -2.85. The number of unbranched alkanes of at least 4 members (excludes halogenated alkanes) is 5. The molecule has 4 N–H and O–H groups in total. The van der Waals surface area contributed by atoms with E-state index in [1.54, 1.807) is 0 Å². The van der Waals surface area contributed by atoms with Crippen molar-refractivity contribution < 1.29 is 32.9 Å². The van der Waals surface area contributed by atoms with Crippen LogP contribution < -0.4 is 5.32 Å². The van der Waals surface area contributed by atoms with Crippen LogP contribution in [0.5, 0.6) is 0 Å². The lowest BCUT2D eigenvalue weighted by atomic mass is 10.1. The highest BCUT2D eigenvalue weighted by Gasteiger charge is 2.09. The minimum Gasteiger partial charge on any atom is -0.391 e. The van der Waals surface area contributed by atoms with Crippen molar-refractivity contribution in [2.45, 2.75) is 45.4 Å². The molecule has 0 saturated carbocycles. The van der Waals surface area contributed by atoms with E-state index < -0.39 is 10.1 Å². The van der Waals surface area contributed by atoms with E-state index in [0.717, 1.165) is 25.7 Å². The normalized spacial score (nSPS) is 11.0. The van der Waals surface area contributed by atoms with Gasteiger partial charge in [0.2, 0.25) is 0 Å². The zero-order valence-corrected chi connectivity index (χ0v) is 13.1. The van der Waals surface area contributed by atoms with Crippen molar-refractivity contribution in [3.05, 3.63) is 0 Å². The Labute approximate surface area is 121 Å². The molecule has 0 unspecified atom stereocenters. The second-order valence-electron chi connectivity index (χ2n) is 4.41. The first-order chi connectivity index (χ1) is 9.54. The Morgan fingerprint density at radius 2 is 1.50 bits per heavy atom. The van der Waals surface area contributed by atoms with Gasteiger partial charge in [-0.2, -0.15) is 8.42 Å². The Kier molecular flexibility index (Phi) is 18.5. The molecule has 0 aliphatic rings. The van der Waals surface area contributed by atoms with Gasteiger partial charge in [-0.15, -0.1) is 0 Å². The van der Waals surface area contributed by atoms with E-state index in [1.807, 2.05) is 5.32 Å². The van der Waals surface area contributed by atoms with E-state index in [1.165, 1.54) is 6.42 Å². The third kappa shape index (κ3) is 20.0. The van der Waals surface area contributed by atoms with Crippen LogP contribution in [0.2, 0.25) is 0 Å². The quantitative estimate of drug-likeness (QED) is 0.444. The summed E-state index contributed by atoms with van der Waals surface area (Å²) >= 11 is 0. The fraction of sp³-hybridized carbons (Fsp3) is 1.00. The predicted molar refractivity (Wildman–Crippen MR) is 75.2 cm³/mol. The van der Waals surface area contributed by atoms with Crippen LogP contribution in [-0.2, 0) is 14.5 Å². The maximum atomic E-state index is 11.3. The minimum atomic E-state index is -3.88. The summed E-state index contributed by atoms with van der Waals surface area (Å²) in [5.41, 5.74) is 0. The molecule has 0 heterocycles. The third-order valence-electron chi connectivity index (χ3n) is 2.51. The van der Waals surface area contributed by atoms with Crippen LogP contribution in [0.3, 0.4) is 0 Å². The maximum Gasteiger partial charge on any atom is 0.297 e. The average Bonchev–Trinajstić information content (AvgIpc) is 2.44. The van der Waals surface area contributed by atoms with Gasteiger partial charge in [0, 0.05) is 0 Å². The predicted octanol–water partition coefficient (Wildman–Crippen LogP) is 0.112. The molecule has 0 aromatic rings. The van der Waals surface area contributed by atoms with Gasteiger partial charge in [0.15, 0.2) is 0 Å². The summed E-state index contributed by atoms with van der Waals surface area (Å²) in [6.07, 6.45) is 5.76. The van der Waals surface area contributed by atoms with Crippen molar-refractivity contribution in [2.24, 2.45) is 0 Å². The highest BCUT2D eigenvalue weighted by molar-refractivity contribution is 7.86. The van der Waals surface area contributed by atoms with E-state index >= 15 is 0 Å². The lowest BCUT2D eigenvalue weighted by molar-refractivity contribution is -0.657. The first-order valence-electron chi connectivity index (χ1n) is 7.10.